The average molecular weight is 302 g/mol. The van der Waals surface area contributed by atoms with Gasteiger partial charge in [-0.15, -0.1) is 0 Å². The second-order valence-corrected chi connectivity index (χ2v) is 6.22. The third-order valence-corrected chi connectivity index (χ3v) is 4.46. The molecule has 2 N–H and O–H groups in total. The molecule has 1 aromatic rings. The van der Waals surface area contributed by atoms with E-state index < -0.39 is 0 Å². The number of carbonyl (C=O) groups is 2. The first-order chi connectivity index (χ1) is 10.6. The number of hydrogen-bond acceptors (Lipinski definition) is 5. The number of rotatable bonds is 3. The van der Waals surface area contributed by atoms with Gasteiger partial charge in [-0.25, -0.2) is 4.98 Å². The van der Waals surface area contributed by atoms with Crippen molar-refractivity contribution in [2.45, 2.75) is 38.6 Å². The Labute approximate surface area is 130 Å². The third kappa shape index (κ3) is 3.37. The summed E-state index contributed by atoms with van der Waals surface area (Å²) >= 11 is 0. The third-order valence-electron chi connectivity index (χ3n) is 4.46. The van der Waals surface area contributed by atoms with Gasteiger partial charge in [0.1, 0.15) is 11.9 Å². The zero-order valence-corrected chi connectivity index (χ0v) is 12.8. The first kappa shape index (κ1) is 14.8. The smallest absolute Gasteiger partial charge is 0.249 e. The van der Waals surface area contributed by atoms with Gasteiger partial charge in [-0.2, -0.15) is 0 Å². The van der Waals surface area contributed by atoms with Gasteiger partial charge in [0.15, 0.2) is 0 Å². The molecule has 6 heteroatoms. The molecule has 0 aromatic carbocycles. The lowest BCUT2D eigenvalue weighted by molar-refractivity contribution is -0.133. The fourth-order valence-corrected chi connectivity index (χ4v) is 2.94. The SMILES string of the molecule is CC1CCN(c2ccc(NC3CCC(=O)NC3=O)nc2)CC1. The molecule has 22 heavy (non-hydrogen) atoms. The van der Waals surface area contributed by atoms with Crippen LogP contribution >= 0.6 is 0 Å². The van der Waals surface area contributed by atoms with Gasteiger partial charge in [0.2, 0.25) is 11.8 Å². The minimum Gasteiger partial charge on any atom is -0.370 e. The van der Waals surface area contributed by atoms with E-state index in [4.69, 9.17) is 0 Å². The quantitative estimate of drug-likeness (QED) is 0.828. The molecule has 118 valence electrons. The number of nitrogens with zero attached hydrogens (tertiary/aromatic N) is 2. The maximum absolute atomic E-state index is 11.7. The second-order valence-electron chi connectivity index (χ2n) is 6.22. The lowest BCUT2D eigenvalue weighted by Crippen LogP contribution is -2.47. The molecule has 0 bridgehead atoms. The Bertz CT molecular complexity index is 550. The number of carbonyl (C=O) groups excluding carboxylic acids is 2. The van der Waals surface area contributed by atoms with Gasteiger partial charge in [-0.3, -0.25) is 14.9 Å². The van der Waals surface area contributed by atoms with E-state index in [1.165, 1.54) is 12.8 Å². The summed E-state index contributed by atoms with van der Waals surface area (Å²) in [5, 5.41) is 5.43. The van der Waals surface area contributed by atoms with Gasteiger partial charge in [-0.1, -0.05) is 6.92 Å². The summed E-state index contributed by atoms with van der Waals surface area (Å²) in [6, 6.07) is 3.56. The molecule has 6 nitrogen and oxygen atoms in total. The van der Waals surface area contributed by atoms with Crippen LogP contribution in [0, 0.1) is 5.92 Å². The Morgan fingerprint density at radius 1 is 1.23 bits per heavy atom. The van der Waals surface area contributed by atoms with Crippen LogP contribution in [0.4, 0.5) is 11.5 Å². The van der Waals surface area contributed by atoms with Crippen LogP contribution in [0.5, 0.6) is 0 Å². The molecule has 0 spiro atoms. The molecule has 2 amide bonds. The van der Waals surface area contributed by atoms with Crippen LogP contribution < -0.4 is 15.5 Å². The number of amides is 2. The second kappa shape index (κ2) is 6.34. The zero-order chi connectivity index (χ0) is 15.5. The molecule has 2 aliphatic rings. The molecule has 1 aromatic heterocycles. The molecular formula is C16H22N4O2. The highest BCUT2D eigenvalue weighted by Crippen LogP contribution is 2.23. The van der Waals surface area contributed by atoms with E-state index in [1.807, 2.05) is 18.3 Å². The van der Waals surface area contributed by atoms with E-state index in [2.05, 4.69) is 27.4 Å². The summed E-state index contributed by atoms with van der Waals surface area (Å²) in [6.07, 6.45) is 5.17. The van der Waals surface area contributed by atoms with Crippen molar-refractivity contribution in [3.8, 4) is 0 Å². The van der Waals surface area contributed by atoms with E-state index in [1.54, 1.807) is 0 Å². The Morgan fingerprint density at radius 2 is 2.00 bits per heavy atom. The van der Waals surface area contributed by atoms with Crippen molar-refractivity contribution in [1.82, 2.24) is 10.3 Å². The van der Waals surface area contributed by atoms with Gasteiger partial charge >= 0.3 is 0 Å². The predicted molar refractivity (Wildman–Crippen MR) is 84.6 cm³/mol. The Kier molecular flexibility index (Phi) is 4.27. The molecule has 3 heterocycles. The van der Waals surface area contributed by atoms with Crippen molar-refractivity contribution in [1.29, 1.82) is 0 Å². The summed E-state index contributed by atoms with van der Waals surface area (Å²) < 4.78 is 0. The number of hydrogen-bond donors (Lipinski definition) is 2. The lowest BCUT2D eigenvalue weighted by atomic mass is 9.99. The molecule has 1 unspecified atom stereocenters. The van der Waals surface area contributed by atoms with Crippen molar-refractivity contribution < 1.29 is 9.59 Å². The van der Waals surface area contributed by atoms with E-state index in [0.717, 1.165) is 24.7 Å². The van der Waals surface area contributed by atoms with E-state index in [-0.39, 0.29) is 17.9 Å². The average Bonchev–Trinajstić information content (AvgIpc) is 2.52. The maximum atomic E-state index is 11.7. The first-order valence-electron chi connectivity index (χ1n) is 7.93. The summed E-state index contributed by atoms with van der Waals surface area (Å²) in [6.45, 7) is 4.44. The first-order valence-corrected chi connectivity index (χ1v) is 7.93. The van der Waals surface area contributed by atoms with Crippen molar-refractivity contribution in [3.05, 3.63) is 18.3 Å². The highest BCUT2D eigenvalue weighted by Gasteiger charge is 2.26. The highest BCUT2D eigenvalue weighted by atomic mass is 16.2. The topological polar surface area (TPSA) is 74.3 Å². The fraction of sp³-hybridized carbons (Fsp3) is 0.562. The number of piperidine rings is 2. The van der Waals surface area contributed by atoms with Crippen LogP contribution in [0.25, 0.3) is 0 Å². The van der Waals surface area contributed by atoms with Crippen molar-refractivity contribution in [3.63, 3.8) is 0 Å². The number of imide groups is 1. The maximum Gasteiger partial charge on any atom is 0.249 e. The summed E-state index contributed by atoms with van der Waals surface area (Å²) in [5.41, 5.74) is 1.13. The molecule has 2 saturated heterocycles. The van der Waals surface area contributed by atoms with E-state index >= 15 is 0 Å². The molecule has 3 rings (SSSR count). The minimum atomic E-state index is -0.383. The normalized spacial score (nSPS) is 23.3. The van der Waals surface area contributed by atoms with Gasteiger partial charge in [0, 0.05) is 19.5 Å². The van der Waals surface area contributed by atoms with Crippen molar-refractivity contribution >= 4 is 23.3 Å². The molecule has 1 atom stereocenters. The number of aromatic nitrogens is 1. The monoisotopic (exact) mass is 302 g/mol. The Hall–Kier alpha value is -2.11. The molecule has 2 fully saturated rings. The largest absolute Gasteiger partial charge is 0.370 e. The van der Waals surface area contributed by atoms with Crippen LogP contribution in [-0.4, -0.2) is 35.9 Å². The lowest BCUT2D eigenvalue weighted by Gasteiger charge is -2.32. The van der Waals surface area contributed by atoms with Gasteiger partial charge in [-0.05, 0) is 37.3 Å². The van der Waals surface area contributed by atoms with E-state index in [0.29, 0.717) is 18.7 Å². The van der Waals surface area contributed by atoms with Crippen molar-refractivity contribution in [2.75, 3.05) is 23.3 Å². The Morgan fingerprint density at radius 3 is 2.64 bits per heavy atom. The molecule has 0 saturated carbocycles. The standard InChI is InChI=1S/C16H22N4O2/c1-11-6-8-20(9-7-11)12-2-4-14(17-10-12)18-13-3-5-15(21)19-16(13)22/h2,4,10-11,13H,3,5-9H2,1H3,(H,17,18)(H,19,21,22). The number of pyridine rings is 1. The van der Waals surface area contributed by atoms with Gasteiger partial charge in [0.25, 0.3) is 0 Å². The molecule has 2 aliphatic heterocycles. The van der Waals surface area contributed by atoms with Crippen LogP contribution in [0.2, 0.25) is 0 Å². The van der Waals surface area contributed by atoms with E-state index in [9.17, 15) is 9.59 Å². The van der Waals surface area contributed by atoms with Crippen molar-refractivity contribution in [2.24, 2.45) is 5.92 Å². The van der Waals surface area contributed by atoms with Crippen LogP contribution in [0.15, 0.2) is 18.3 Å². The summed E-state index contributed by atoms with van der Waals surface area (Å²) in [7, 11) is 0. The van der Waals surface area contributed by atoms with Crippen LogP contribution in [-0.2, 0) is 9.59 Å². The number of nitrogens with one attached hydrogen (secondary N) is 2. The molecule has 0 aliphatic carbocycles. The highest BCUT2D eigenvalue weighted by molar-refractivity contribution is 6.01. The molecule has 0 radical (unpaired) electrons. The zero-order valence-electron chi connectivity index (χ0n) is 12.8. The van der Waals surface area contributed by atoms with Gasteiger partial charge in [0.05, 0.1) is 11.9 Å². The summed E-state index contributed by atoms with van der Waals surface area (Å²) in [5.74, 6) is 0.999. The predicted octanol–water partition coefficient (Wildman–Crippen LogP) is 1.53. The minimum absolute atomic E-state index is 0.203. The Balaban J connectivity index is 1.59. The summed E-state index contributed by atoms with van der Waals surface area (Å²) in [4.78, 5) is 29.6. The molecular weight excluding hydrogens is 280 g/mol. The van der Waals surface area contributed by atoms with Gasteiger partial charge < -0.3 is 10.2 Å². The van der Waals surface area contributed by atoms with Crippen LogP contribution in [0.1, 0.15) is 32.6 Å². The number of anilines is 2. The van der Waals surface area contributed by atoms with Crippen LogP contribution in [0.3, 0.4) is 0 Å². The fourth-order valence-electron chi connectivity index (χ4n) is 2.94.